The summed E-state index contributed by atoms with van der Waals surface area (Å²) in [6.07, 6.45) is 1.38. The van der Waals surface area contributed by atoms with Crippen LogP contribution in [0.4, 0.5) is 4.79 Å². The molecule has 0 rings (SSSR count). The lowest BCUT2D eigenvalue weighted by molar-refractivity contribution is -0.146. The fourth-order valence-corrected chi connectivity index (χ4v) is 1.26. The van der Waals surface area contributed by atoms with Crippen LogP contribution in [0.3, 0.4) is 0 Å². The quantitative estimate of drug-likeness (QED) is 0.412. The molecule has 0 aromatic rings. The fraction of sp³-hybridized carbons (Fsp3) is 0.818. The van der Waals surface area contributed by atoms with E-state index in [0.29, 0.717) is 6.54 Å². The van der Waals surface area contributed by atoms with Crippen molar-refractivity contribution in [2.75, 3.05) is 26.8 Å². The summed E-state index contributed by atoms with van der Waals surface area (Å²) in [6.45, 7) is 1.42. The Balaban J connectivity index is 3.35. The molecule has 18 heavy (non-hydrogen) atoms. The number of carboxylic acids is 1. The fourth-order valence-electron chi connectivity index (χ4n) is 1.26. The molecule has 0 aliphatic carbocycles. The first kappa shape index (κ1) is 16.7. The Labute approximate surface area is 107 Å². The van der Waals surface area contributed by atoms with Gasteiger partial charge in [0.05, 0.1) is 0 Å². The summed E-state index contributed by atoms with van der Waals surface area (Å²) in [6, 6.07) is -0.348. The van der Waals surface area contributed by atoms with E-state index in [4.69, 9.17) is 14.9 Å². The van der Waals surface area contributed by atoms with Gasteiger partial charge in [-0.05, 0) is 19.3 Å². The van der Waals surface area contributed by atoms with Crippen LogP contribution < -0.4 is 10.6 Å². The third-order valence-corrected chi connectivity index (χ3v) is 2.30. The number of aliphatic hydroxyl groups excluding tert-OH is 1. The molecule has 0 aromatic carbocycles. The predicted molar refractivity (Wildman–Crippen MR) is 65.4 cm³/mol. The monoisotopic (exact) mass is 262 g/mol. The summed E-state index contributed by atoms with van der Waals surface area (Å²) in [4.78, 5) is 21.5. The van der Waals surface area contributed by atoms with Crippen molar-refractivity contribution in [3.05, 3.63) is 0 Å². The Kier molecular flexibility index (Phi) is 9.99. The highest BCUT2D eigenvalue weighted by atomic mass is 16.5. The highest BCUT2D eigenvalue weighted by molar-refractivity contribution is 5.74. The largest absolute Gasteiger partial charge is 0.479 e. The lowest BCUT2D eigenvalue weighted by Crippen LogP contribution is -2.38. The number of methoxy groups -OCH3 is 1. The van der Waals surface area contributed by atoms with Crippen LogP contribution in [0.15, 0.2) is 0 Å². The van der Waals surface area contributed by atoms with Gasteiger partial charge in [0.2, 0.25) is 0 Å². The van der Waals surface area contributed by atoms with Crippen molar-refractivity contribution in [2.24, 2.45) is 0 Å². The zero-order chi connectivity index (χ0) is 13.8. The van der Waals surface area contributed by atoms with Crippen molar-refractivity contribution in [1.29, 1.82) is 0 Å². The van der Waals surface area contributed by atoms with Crippen LogP contribution in [-0.2, 0) is 9.53 Å². The molecule has 7 heteroatoms. The maximum atomic E-state index is 11.2. The van der Waals surface area contributed by atoms with Gasteiger partial charge in [-0.15, -0.1) is 0 Å². The molecule has 0 heterocycles. The molecule has 0 radical (unpaired) electrons. The molecule has 1 unspecified atom stereocenters. The van der Waals surface area contributed by atoms with Gasteiger partial charge in [-0.2, -0.15) is 0 Å². The molecule has 0 spiro atoms. The lowest BCUT2D eigenvalue weighted by Gasteiger charge is -2.08. The summed E-state index contributed by atoms with van der Waals surface area (Å²) in [5, 5.41) is 22.5. The second-order valence-corrected chi connectivity index (χ2v) is 3.88. The molecule has 0 fully saturated rings. The number of ether oxygens (including phenoxy) is 1. The zero-order valence-electron chi connectivity index (χ0n) is 10.6. The molecular formula is C11H22N2O5. The van der Waals surface area contributed by atoms with E-state index in [1.165, 1.54) is 0 Å². The van der Waals surface area contributed by atoms with Gasteiger partial charge < -0.3 is 25.6 Å². The Bertz CT molecular complexity index is 248. The van der Waals surface area contributed by atoms with Gasteiger partial charge in [0, 0.05) is 33.2 Å². The Morgan fingerprint density at radius 3 is 2.44 bits per heavy atom. The van der Waals surface area contributed by atoms with Gasteiger partial charge in [0.25, 0.3) is 0 Å². The van der Waals surface area contributed by atoms with E-state index in [1.807, 2.05) is 0 Å². The number of hydrogen-bond acceptors (Lipinski definition) is 4. The number of carbonyl (C=O) groups excluding carboxylic acids is 1. The van der Waals surface area contributed by atoms with Crippen molar-refractivity contribution < 1.29 is 24.5 Å². The number of carbonyl (C=O) groups is 2. The van der Waals surface area contributed by atoms with Gasteiger partial charge in [-0.25, -0.2) is 9.59 Å². The van der Waals surface area contributed by atoms with E-state index in [1.54, 1.807) is 7.11 Å². The summed E-state index contributed by atoms with van der Waals surface area (Å²) in [5.41, 5.74) is 0. The number of amides is 2. The normalized spacial score (nSPS) is 11.9. The van der Waals surface area contributed by atoms with Crippen molar-refractivity contribution in [3.63, 3.8) is 0 Å². The average Bonchev–Trinajstić information content (AvgIpc) is 2.33. The molecule has 7 nitrogen and oxygen atoms in total. The molecular weight excluding hydrogens is 240 g/mol. The minimum Gasteiger partial charge on any atom is -0.479 e. The van der Waals surface area contributed by atoms with E-state index in [2.05, 4.69) is 10.6 Å². The van der Waals surface area contributed by atoms with Crippen LogP contribution in [0.5, 0.6) is 0 Å². The maximum Gasteiger partial charge on any atom is 0.332 e. The SMILES string of the molecule is COCCCCCNC(=O)NCCC(O)C(=O)O. The summed E-state index contributed by atoms with van der Waals surface area (Å²) >= 11 is 0. The minimum atomic E-state index is -1.43. The van der Waals surface area contributed by atoms with Crippen LogP contribution in [0, 0.1) is 0 Å². The first-order chi connectivity index (χ1) is 8.57. The number of carboxylic acid groups (broad SMARTS) is 1. The molecule has 2 amide bonds. The van der Waals surface area contributed by atoms with Crippen molar-refractivity contribution in [2.45, 2.75) is 31.8 Å². The second kappa shape index (κ2) is 10.8. The molecule has 1 atom stereocenters. The van der Waals surface area contributed by atoms with E-state index in [0.717, 1.165) is 25.9 Å². The Morgan fingerprint density at radius 2 is 1.83 bits per heavy atom. The summed E-state index contributed by atoms with van der Waals surface area (Å²) in [7, 11) is 1.65. The molecule has 106 valence electrons. The number of aliphatic carboxylic acids is 1. The van der Waals surface area contributed by atoms with Crippen LogP contribution in [-0.4, -0.2) is 55.1 Å². The van der Waals surface area contributed by atoms with Gasteiger partial charge >= 0.3 is 12.0 Å². The lowest BCUT2D eigenvalue weighted by atomic mass is 10.2. The van der Waals surface area contributed by atoms with E-state index in [-0.39, 0.29) is 19.0 Å². The Hall–Kier alpha value is -1.34. The number of unbranched alkanes of at least 4 members (excludes halogenated alkanes) is 2. The van der Waals surface area contributed by atoms with Gasteiger partial charge in [-0.3, -0.25) is 0 Å². The van der Waals surface area contributed by atoms with Crippen LogP contribution in [0.25, 0.3) is 0 Å². The van der Waals surface area contributed by atoms with Crippen LogP contribution in [0.1, 0.15) is 25.7 Å². The molecule has 0 bridgehead atoms. The minimum absolute atomic E-state index is 0.00338. The van der Waals surface area contributed by atoms with Crippen LogP contribution in [0.2, 0.25) is 0 Å². The van der Waals surface area contributed by atoms with E-state index < -0.39 is 12.1 Å². The first-order valence-corrected chi connectivity index (χ1v) is 5.99. The molecule has 0 aromatic heterocycles. The van der Waals surface area contributed by atoms with Gasteiger partial charge in [0.15, 0.2) is 6.10 Å². The van der Waals surface area contributed by atoms with E-state index in [9.17, 15) is 9.59 Å². The number of urea groups is 1. The number of nitrogens with one attached hydrogen (secondary N) is 2. The van der Waals surface area contributed by atoms with Crippen molar-refractivity contribution in [1.82, 2.24) is 10.6 Å². The van der Waals surface area contributed by atoms with E-state index >= 15 is 0 Å². The predicted octanol–water partition coefficient (Wildman–Crippen LogP) is -0.0621. The summed E-state index contributed by atoms with van der Waals surface area (Å²) < 4.78 is 4.89. The highest BCUT2D eigenvalue weighted by Gasteiger charge is 2.12. The third-order valence-electron chi connectivity index (χ3n) is 2.30. The average molecular weight is 262 g/mol. The molecule has 0 aliphatic rings. The molecule has 0 saturated heterocycles. The highest BCUT2D eigenvalue weighted by Crippen LogP contribution is 1.93. The zero-order valence-corrected chi connectivity index (χ0v) is 10.6. The number of aliphatic hydroxyl groups is 1. The van der Waals surface area contributed by atoms with Gasteiger partial charge in [0.1, 0.15) is 0 Å². The molecule has 0 saturated carbocycles. The van der Waals surface area contributed by atoms with Crippen LogP contribution >= 0.6 is 0 Å². The smallest absolute Gasteiger partial charge is 0.332 e. The standard InChI is InChI=1S/C11H22N2O5/c1-18-8-4-2-3-6-12-11(17)13-7-5-9(14)10(15)16/h9,14H,2-8H2,1H3,(H,15,16)(H2,12,13,17). The third kappa shape index (κ3) is 9.86. The van der Waals surface area contributed by atoms with Gasteiger partial charge in [-0.1, -0.05) is 0 Å². The molecule has 4 N–H and O–H groups in total. The number of hydrogen-bond donors (Lipinski definition) is 4. The number of rotatable bonds is 10. The topological polar surface area (TPSA) is 108 Å². The Morgan fingerprint density at radius 1 is 1.17 bits per heavy atom. The van der Waals surface area contributed by atoms with Crippen molar-refractivity contribution >= 4 is 12.0 Å². The first-order valence-electron chi connectivity index (χ1n) is 5.99. The molecule has 0 aliphatic heterocycles. The summed E-state index contributed by atoms with van der Waals surface area (Å²) in [5.74, 6) is -1.28. The maximum absolute atomic E-state index is 11.2. The van der Waals surface area contributed by atoms with Crippen molar-refractivity contribution in [3.8, 4) is 0 Å². The second-order valence-electron chi connectivity index (χ2n) is 3.88.